The van der Waals surface area contributed by atoms with Gasteiger partial charge >= 0.3 is 0 Å². The fraction of sp³-hybridized carbons (Fsp3) is 0.316. The number of carbonyl (C=O) groups excluding carboxylic acids is 1. The van der Waals surface area contributed by atoms with E-state index in [-0.39, 0.29) is 5.91 Å². The minimum absolute atomic E-state index is 0.0515. The Balaban J connectivity index is 1.73. The summed E-state index contributed by atoms with van der Waals surface area (Å²) in [5, 5.41) is 0. The third kappa shape index (κ3) is 3.60. The highest BCUT2D eigenvalue weighted by Crippen LogP contribution is 2.22. The van der Waals surface area contributed by atoms with Crippen LogP contribution in [0.15, 0.2) is 53.4 Å². The molecule has 25 heavy (non-hydrogen) atoms. The van der Waals surface area contributed by atoms with Gasteiger partial charge in [0.1, 0.15) is 0 Å². The van der Waals surface area contributed by atoms with Crippen molar-refractivity contribution in [2.45, 2.75) is 18.7 Å². The first-order valence-corrected chi connectivity index (χ1v) is 9.75. The van der Waals surface area contributed by atoms with Crippen molar-refractivity contribution in [3.05, 3.63) is 65.2 Å². The molecule has 5 nitrogen and oxygen atoms in total. The lowest BCUT2D eigenvalue weighted by molar-refractivity contribution is 0.0698. The molecule has 0 atom stereocenters. The molecule has 0 saturated carbocycles. The lowest BCUT2D eigenvalue weighted by atomic mass is 10.2. The van der Waals surface area contributed by atoms with Crippen molar-refractivity contribution < 1.29 is 13.2 Å². The van der Waals surface area contributed by atoms with Crippen molar-refractivity contribution in [2.75, 3.05) is 26.2 Å². The third-order valence-electron chi connectivity index (χ3n) is 4.51. The van der Waals surface area contributed by atoms with Crippen molar-refractivity contribution in [1.29, 1.82) is 0 Å². The van der Waals surface area contributed by atoms with E-state index in [2.05, 4.69) is 0 Å². The Kier molecular flexibility index (Phi) is 4.92. The summed E-state index contributed by atoms with van der Waals surface area (Å²) >= 11 is 0. The predicted octanol–water partition coefficient (Wildman–Crippen LogP) is 2.45. The molecule has 0 aliphatic carbocycles. The first kappa shape index (κ1) is 17.6. The van der Waals surface area contributed by atoms with Crippen LogP contribution in [0.4, 0.5) is 0 Å². The minimum atomic E-state index is -3.53. The molecule has 2 aromatic carbocycles. The largest absolute Gasteiger partial charge is 0.336 e. The summed E-state index contributed by atoms with van der Waals surface area (Å²) in [6.45, 7) is 5.12. The first-order chi connectivity index (χ1) is 11.9. The van der Waals surface area contributed by atoms with Crippen LogP contribution in [0.2, 0.25) is 0 Å². The Bertz CT molecular complexity index is 871. The van der Waals surface area contributed by atoms with E-state index in [0.717, 1.165) is 11.1 Å². The molecule has 0 spiro atoms. The van der Waals surface area contributed by atoms with Gasteiger partial charge in [-0.2, -0.15) is 4.31 Å². The number of rotatable bonds is 3. The highest BCUT2D eigenvalue weighted by Gasteiger charge is 2.31. The molecule has 0 bridgehead atoms. The Labute approximate surface area is 148 Å². The van der Waals surface area contributed by atoms with Gasteiger partial charge in [0.25, 0.3) is 5.91 Å². The molecule has 1 saturated heterocycles. The van der Waals surface area contributed by atoms with Crippen molar-refractivity contribution in [2.24, 2.45) is 0 Å². The second-order valence-corrected chi connectivity index (χ2v) is 8.24. The monoisotopic (exact) mass is 358 g/mol. The van der Waals surface area contributed by atoms with Crippen molar-refractivity contribution in [1.82, 2.24) is 9.21 Å². The number of carbonyl (C=O) groups is 1. The molecule has 1 fully saturated rings. The molecular weight excluding hydrogens is 336 g/mol. The maximum absolute atomic E-state index is 12.9. The predicted molar refractivity (Wildman–Crippen MR) is 97.0 cm³/mol. The molecule has 1 amide bonds. The summed E-state index contributed by atoms with van der Waals surface area (Å²) in [4.78, 5) is 14.6. The van der Waals surface area contributed by atoms with Gasteiger partial charge in [-0.25, -0.2) is 8.42 Å². The molecule has 1 aliphatic heterocycles. The molecule has 2 aromatic rings. The number of hydrogen-bond donors (Lipinski definition) is 0. The van der Waals surface area contributed by atoms with Gasteiger partial charge in [-0.1, -0.05) is 30.3 Å². The second-order valence-electron chi connectivity index (χ2n) is 6.33. The average Bonchev–Trinajstić information content (AvgIpc) is 2.64. The summed E-state index contributed by atoms with van der Waals surface area (Å²) < 4.78 is 27.3. The maximum atomic E-state index is 12.9. The van der Waals surface area contributed by atoms with Crippen molar-refractivity contribution in [3.63, 3.8) is 0 Å². The van der Waals surface area contributed by atoms with E-state index in [4.69, 9.17) is 0 Å². The van der Waals surface area contributed by atoms with Crippen LogP contribution in [0.1, 0.15) is 21.5 Å². The van der Waals surface area contributed by atoms with E-state index < -0.39 is 10.0 Å². The van der Waals surface area contributed by atoms with Gasteiger partial charge in [0.05, 0.1) is 4.90 Å². The summed E-state index contributed by atoms with van der Waals surface area (Å²) in [5.41, 5.74) is 2.30. The number of sulfonamides is 1. The number of hydrogen-bond acceptors (Lipinski definition) is 3. The van der Waals surface area contributed by atoms with E-state index >= 15 is 0 Å². The van der Waals surface area contributed by atoms with Gasteiger partial charge < -0.3 is 4.90 Å². The molecule has 0 unspecified atom stereocenters. The van der Waals surface area contributed by atoms with Gasteiger partial charge in [0.2, 0.25) is 10.0 Å². The molecule has 132 valence electrons. The average molecular weight is 358 g/mol. The van der Waals surface area contributed by atoms with Gasteiger partial charge in [-0.05, 0) is 43.2 Å². The Hall–Kier alpha value is -2.18. The number of piperazine rings is 1. The molecule has 0 radical (unpaired) electrons. The summed E-state index contributed by atoms with van der Waals surface area (Å²) in [7, 11) is -3.53. The summed E-state index contributed by atoms with van der Waals surface area (Å²) in [6.07, 6.45) is 0. The normalized spacial score (nSPS) is 16.0. The third-order valence-corrected chi connectivity index (χ3v) is 6.55. The standard InChI is InChI=1S/C19H22N2O3S/c1-15-8-9-16(2)18(14-15)25(23,24)21-12-10-20(11-13-21)19(22)17-6-4-3-5-7-17/h3-9,14H,10-13H2,1-2H3. The summed E-state index contributed by atoms with van der Waals surface area (Å²) in [6, 6.07) is 14.5. The second kappa shape index (κ2) is 6.98. The Morgan fingerprint density at radius 1 is 0.920 bits per heavy atom. The van der Waals surface area contributed by atoms with Crippen LogP contribution in [0.5, 0.6) is 0 Å². The van der Waals surface area contributed by atoms with Crippen LogP contribution < -0.4 is 0 Å². The lowest BCUT2D eigenvalue weighted by Crippen LogP contribution is -2.50. The van der Waals surface area contributed by atoms with Crippen LogP contribution in [0.25, 0.3) is 0 Å². The minimum Gasteiger partial charge on any atom is -0.336 e. The topological polar surface area (TPSA) is 57.7 Å². The number of aryl methyl sites for hydroxylation is 2. The van der Waals surface area contributed by atoms with E-state index in [1.807, 2.05) is 44.2 Å². The zero-order chi connectivity index (χ0) is 18.0. The van der Waals surface area contributed by atoms with Gasteiger partial charge in [-0.3, -0.25) is 4.79 Å². The smallest absolute Gasteiger partial charge is 0.253 e. The Morgan fingerprint density at radius 3 is 2.20 bits per heavy atom. The van der Waals surface area contributed by atoms with E-state index in [1.165, 1.54) is 4.31 Å². The molecule has 6 heteroatoms. The molecular formula is C19H22N2O3S. The molecule has 0 N–H and O–H groups in total. The number of nitrogens with zero attached hydrogens (tertiary/aromatic N) is 2. The zero-order valence-electron chi connectivity index (χ0n) is 14.5. The maximum Gasteiger partial charge on any atom is 0.253 e. The van der Waals surface area contributed by atoms with Crippen LogP contribution in [-0.4, -0.2) is 49.7 Å². The van der Waals surface area contributed by atoms with E-state index in [1.54, 1.807) is 23.1 Å². The van der Waals surface area contributed by atoms with Crippen LogP contribution in [-0.2, 0) is 10.0 Å². The van der Waals surface area contributed by atoms with Gasteiger partial charge in [0, 0.05) is 31.7 Å². The Morgan fingerprint density at radius 2 is 1.56 bits per heavy atom. The van der Waals surface area contributed by atoms with Crippen LogP contribution >= 0.6 is 0 Å². The molecule has 1 heterocycles. The van der Waals surface area contributed by atoms with E-state index in [9.17, 15) is 13.2 Å². The molecule has 1 aliphatic rings. The summed E-state index contributed by atoms with van der Waals surface area (Å²) in [5.74, 6) is -0.0515. The van der Waals surface area contributed by atoms with E-state index in [0.29, 0.717) is 36.6 Å². The number of amides is 1. The van der Waals surface area contributed by atoms with Gasteiger partial charge in [-0.15, -0.1) is 0 Å². The zero-order valence-corrected chi connectivity index (χ0v) is 15.3. The van der Waals surface area contributed by atoms with Crippen LogP contribution in [0.3, 0.4) is 0 Å². The molecule has 0 aromatic heterocycles. The van der Waals surface area contributed by atoms with Crippen molar-refractivity contribution in [3.8, 4) is 0 Å². The van der Waals surface area contributed by atoms with Gasteiger partial charge in [0.15, 0.2) is 0 Å². The fourth-order valence-corrected chi connectivity index (χ4v) is 4.75. The fourth-order valence-electron chi connectivity index (χ4n) is 3.02. The van der Waals surface area contributed by atoms with Crippen molar-refractivity contribution >= 4 is 15.9 Å². The first-order valence-electron chi connectivity index (χ1n) is 8.31. The SMILES string of the molecule is Cc1ccc(C)c(S(=O)(=O)N2CCN(C(=O)c3ccccc3)CC2)c1. The highest BCUT2D eigenvalue weighted by molar-refractivity contribution is 7.89. The quantitative estimate of drug-likeness (QED) is 0.847. The lowest BCUT2D eigenvalue weighted by Gasteiger charge is -2.34. The van der Waals surface area contributed by atoms with Crippen LogP contribution in [0, 0.1) is 13.8 Å². The highest BCUT2D eigenvalue weighted by atomic mass is 32.2. The number of benzene rings is 2. The molecule has 3 rings (SSSR count).